The predicted octanol–water partition coefficient (Wildman–Crippen LogP) is 1.97. The maximum atomic E-state index is 5.60. The Morgan fingerprint density at radius 3 is 2.74 bits per heavy atom. The van der Waals surface area contributed by atoms with Crippen LogP contribution in [-0.4, -0.2) is 28.6 Å². The van der Waals surface area contributed by atoms with Gasteiger partial charge in [0.15, 0.2) is 0 Å². The standard InChI is InChI=1S/C14H18N4O/c1-3-7-19-12-8-11(9-16-10-12)13(15-2)14-17-5-4-6-18-14/h4-6,8-10,13,15H,3,7H2,1-2H3. The van der Waals surface area contributed by atoms with E-state index in [1.165, 1.54) is 0 Å². The lowest BCUT2D eigenvalue weighted by molar-refractivity contribution is 0.315. The van der Waals surface area contributed by atoms with Crippen molar-refractivity contribution in [2.75, 3.05) is 13.7 Å². The molecule has 0 saturated carbocycles. The van der Waals surface area contributed by atoms with Crippen LogP contribution in [0, 0.1) is 0 Å². The lowest BCUT2D eigenvalue weighted by Crippen LogP contribution is -2.20. The summed E-state index contributed by atoms with van der Waals surface area (Å²) in [6.45, 7) is 2.77. The third-order valence-electron chi connectivity index (χ3n) is 2.67. The molecule has 1 unspecified atom stereocenters. The Kier molecular flexibility index (Phi) is 4.80. The maximum absolute atomic E-state index is 5.60. The molecular formula is C14H18N4O. The summed E-state index contributed by atoms with van der Waals surface area (Å²) in [5, 5.41) is 3.20. The summed E-state index contributed by atoms with van der Waals surface area (Å²) < 4.78 is 5.60. The zero-order valence-corrected chi connectivity index (χ0v) is 11.2. The lowest BCUT2D eigenvalue weighted by Gasteiger charge is -2.15. The summed E-state index contributed by atoms with van der Waals surface area (Å²) in [7, 11) is 1.88. The van der Waals surface area contributed by atoms with Crippen LogP contribution in [0.25, 0.3) is 0 Å². The second-order valence-electron chi connectivity index (χ2n) is 4.13. The van der Waals surface area contributed by atoms with Gasteiger partial charge in [-0.25, -0.2) is 9.97 Å². The Hall–Kier alpha value is -2.01. The van der Waals surface area contributed by atoms with Crippen LogP contribution in [0.15, 0.2) is 36.9 Å². The third kappa shape index (κ3) is 3.48. The van der Waals surface area contributed by atoms with Crippen LogP contribution in [-0.2, 0) is 0 Å². The highest BCUT2D eigenvalue weighted by molar-refractivity contribution is 5.29. The van der Waals surface area contributed by atoms with Crippen LogP contribution in [0.3, 0.4) is 0 Å². The second-order valence-corrected chi connectivity index (χ2v) is 4.13. The maximum Gasteiger partial charge on any atom is 0.149 e. The summed E-state index contributed by atoms with van der Waals surface area (Å²) in [6.07, 6.45) is 7.96. The number of nitrogens with zero attached hydrogens (tertiary/aromatic N) is 3. The van der Waals surface area contributed by atoms with E-state index >= 15 is 0 Å². The van der Waals surface area contributed by atoms with Crippen LogP contribution in [0.5, 0.6) is 5.75 Å². The van der Waals surface area contributed by atoms with Crippen LogP contribution in [0.4, 0.5) is 0 Å². The zero-order chi connectivity index (χ0) is 13.5. The number of pyridine rings is 1. The topological polar surface area (TPSA) is 59.9 Å². The molecule has 100 valence electrons. The molecule has 0 amide bonds. The van der Waals surface area contributed by atoms with Crippen molar-refractivity contribution in [2.24, 2.45) is 0 Å². The first-order chi connectivity index (χ1) is 9.35. The average Bonchev–Trinajstić information content (AvgIpc) is 2.47. The van der Waals surface area contributed by atoms with Crippen molar-refractivity contribution in [1.82, 2.24) is 20.3 Å². The van der Waals surface area contributed by atoms with Crippen molar-refractivity contribution in [3.05, 3.63) is 48.3 Å². The predicted molar refractivity (Wildman–Crippen MR) is 73.0 cm³/mol. The molecule has 5 nitrogen and oxygen atoms in total. The molecule has 2 aromatic rings. The van der Waals surface area contributed by atoms with E-state index in [0.717, 1.165) is 23.6 Å². The average molecular weight is 258 g/mol. The first-order valence-corrected chi connectivity index (χ1v) is 6.37. The Morgan fingerprint density at radius 1 is 1.26 bits per heavy atom. The van der Waals surface area contributed by atoms with Crippen LogP contribution in [0.1, 0.15) is 30.8 Å². The molecule has 1 atom stereocenters. The fourth-order valence-electron chi connectivity index (χ4n) is 1.80. The number of nitrogens with one attached hydrogen (secondary N) is 1. The van der Waals surface area contributed by atoms with Gasteiger partial charge in [-0.05, 0) is 31.2 Å². The van der Waals surface area contributed by atoms with Gasteiger partial charge in [0, 0.05) is 18.6 Å². The van der Waals surface area contributed by atoms with Crippen LogP contribution in [0.2, 0.25) is 0 Å². The summed E-state index contributed by atoms with van der Waals surface area (Å²) in [6, 6.07) is 3.69. The van der Waals surface area contributed by atoms with E-state index in [9.17, 15) is 0 Å². The molecule has 0 fully saturated rings. The molecule has 0 radical (unpaired) electrons. The SMILES string of the molecule is CCCOc1cncc(C(NC)c2ncccn2)c1. The van der Waals surface area contributed by atoms with Crippen molar-refractivity contribution < 1.29 is 4.74 Å². The molecule has 5 heteroatoms. The third-order valence-corrected chi connectivity index (χ3v) is 2.67. The van der Waals surface area contributed by atoms with E-state index in [-0.39, 0.29) is 6.04 Å². The van der Waals surface area contributed by atoms with Crippen molar-refractivity contribution in [3.63, 3.8) is 0 Å². The first-order valence-electron chi connectivity index (χ1n) is 6.37. The molecule has 2 heterocycles. The molecule has 0 aliphatic carbocycles. The molecule has 0 bridgehead atoms. The van der Waals surface area contributed by atoms with E-state index < -0.39 is 0 Å². The number of rotatable bonds is 6. The Morgan fingerprint density at radius 2 is 2.05 bits per heavy atom. The highest BCUT2D eigenvalue weighted by atomic mass is 16.5. The molecular weight excluding hydrogens is 240 g/mol. The smallest absolute Gasteiger partial charge is 0.149 e. The molecule has 0 aromatic carbocycles. The molecule has 19 heavy (non-hydrogen) atoms. The zero-order valence-electron chi connectivity index (χ0n) is 11.2. The van der Waals surface area contributed by atoms with Crippen molar-refractivity contribution in [1.29, 1.82) is 0 Å². The van der Waals surface area contributed by atoms with Crippen molar-refractivity contribution in [2.45, 2.75) is 19.4 Å². The number of aromatic nitrogens is 3. The number of ether oxygens (including phenoxy) is 1. The summed E-state index contributed by atoms with van der Waals surface area (Å²) in [5.74, 6) is 1.50. The van der Waals surface area contributed by atoms with Gasteiger partial charge in [-0.2, -0.15) is 0 Å². The fourth-order valence-corrected chi connectivity index (χ4v) is 1.80. The van der Waals surface area contributed by atoms with Crippen molar-refractivity contribution >= 4 is 0 Å². The molecule has 0 spiro atoms. The monoisotopic (exact) mass is 258 g/mol. The number of hydrogen-bond acceptors (Lipinski definition) is 5. The largest absolute Gasteiger partial charge is 0.492 e. The quantitative estimate of drug-likeness (QED) is 0.858. The van der Waals surface area contributed by atoms with Gasteiger partial charge in [0.05, 0.1) is 18.8 Å². The van der Waals surface area contributed by atoms with Crippen LogP contribution < -0.4 is 10.1 Å². The normalized spacial score (nSPS) is 12.1. The Balaban J connectivity index is 2.23. The van der Waals surface area contributed by atoms with Gasteiger partial charge < -0.3 is 10.1 Å². The lowest BCUT2D eigenvalue weighted by atomic mass is 10.1. The van der Waals surface area contributed by atoms with E-state index in [2.05, 4.69) is 27.2 Å². The summed E-state index contributed by atoms with van der Waals surface area (Å²) >= 11 is 0. The van der Waals surface area contributed by atoms with Gasteiger partial charge in [-0.3, -0.25) is 4.98 Å². The number of hydrogen-bond donors (Lipinski definition) is 1. The van der Waals surface area contributed by atoms with Crippen LogP contribution >= 0.6 is 0 Å². The first kappa shape index (κ1) is 13.4. The minimum atomic E-state index is -0.0844. The Bertz CT molecular complexity index is 504. The molecule has 0 aliphatic rings. The second kappa shape index (κ2) is 6.80. The summed E-state index contributed by atoms with van der Waals surface area (Å²) in [5.41, 5.74) is 0.988. The van der Waals surface area contributed by atoms with E-state index in [1.54, 1.807) is 30.9 Å². The molecule has 1 N–H and O–H groups in total. The molecule has 0 saturated heterocycles. The van der Waals surface area contributed by atoms with Gasteiger partial charge in [0.2, 0.25) is 0 Å². The van der Waals surface area contributed by atoms with E-state index in [4.69, 9.17) is 4.74 Å². The van der Waals surface area contributed by atoms with Gasteiger partial charge in [-0.1, -0.05) is 6.92 Å². The molecule has 0 aliphatic heterocycles. The minimum absolute atomic E-state index is 0.0844. The van der Waals surface area contributed by atoms with E-state index in [0.29, 0.717) is 6.61 Å². The van der Waals surface area contributed by atoms with Gasteiger partial charge in [0.25, 0.3) is 0 Å². The van der Waals surface area contributed by atoms with E-state index in [1.807, 2.05) is 13.1 Å². The fraction of sp³-hybridized carbons (Fsp3) is 0.357. The minimum Gasteiger partial charge on any atom is -0.492 e. The molecule has 2 aromatic heterocycles. The van der Waals surface area contributed by atoms with Gasteiger partial charge in [0.1, 0.15) is 11.6 Å². The Labute approximate surface area is 113 Å². The highest BCUT2D eigenvalue weighted by Crippen LogP contribution is 2.21. The van der Waals surface area contributed by atoms with Gasteiger partial charge in [-0.15, -0.1) is 0 Å². The summed E-state index contributed by atoms with van der Waals surface area (Å²) in [4.78, 5) is 12.8. The van der Waals surface area contributed by atoms with Crippen molar-refractivity contribution in [3.8, 4) is 5.75 Å². The van der Waals surface area contributed by atoms with Gasteiger partial charge >= 0.3 is 0 Å². The highest BCUT2D eigenvalue weighted by Gasteiger charge is 2.15. The molecule has 2 rings (SSSR count).